The van der Waals surface area contributed by atoms with Gasteiger partial charge < -0.3 is 14.5 Å². The van der Waals surface area contributed by atoms with Crippen LogP contribution in [-0.4, -0.2) is 66.0 Å². The smallest absolute Gasteiger partial charge is 0.256 e. The molecule has 2 heterocycles. The largest absolute Gasteiger partial charge is 0.361 e. The number of hydrogen-bond acceptors (Lipinski definition) is 4. The van der Waals surface area contributed by atoms with Crippen molar-refractivity contribution in [2.75, 3.05) is 33.8 Å². The van der Waals surface area contributed by atoms with Crippen LogP contribution in [0.15, 0.2) is 48.8 Å². The molecule has 0 radical (unpaired) electrons. The second kappa shape index (κ2) is 9.82. The van der Waals surface area contributed by atoms with Crippen LogP contribution in [0, 0.1) is 5.92 Å². The average Bonchev–Trinajstić information content (AvgIpc) is 2.84. The van der Waals surface area contributed by atoms with E-state index in [0.717, 1.165) is 42.4 Å². The highest BCUT2D eigenvalue weighted by Gasteiger charge is 2.47. The Bertz CT molecular complexity index is 940. The monoisotopic (exact) mass is 435 g/mol. The Labute approximate surface area is 190 Å². The van der Waals surface area contributed by atoms with E-state index in [1.54, 1.807) is 31.4 Å². The zero-order valence-corrected chi connectivity index (χ0v) is 19.1. The number of carbonyl (C=O) groups excluding carboxylic acids is 2. The van der Waals surface area contributed by atoms with E-state index >= 15 is 0 Å². The van der Waals surface area contributed by atoms with Gasteiger partial charge in [-0.25, -0.2) is 0 Å². The maximum atomic E-state index is 13.5. The maximum Gasteiger partial charge on any atom is 0.256 e. The number of ether oxygens (including phenoxy) is 1. The Morgan fingerprint density at radius 3 is 2.53 bits per heavy atom. The van der Waals surface area contributed by atoms with Gasteiger partial charge in [0.1, 0.15) is 0 Å². The number of carbonyl (C=O) groups is 2. The lowest BCUT2D eigenvalue weighted by Gasteiger charge is -2.44. The van der Waals surface area contributed by atoms with Crippen LogP contribution in [0.1, 0.15) is 37.7 Å². The van der Waals surface area contributed by atoms with Gasteiger partial charge >= 0.3 is 0 Å². The quantitative estimate of drug-likeness (QED) is 0.721. The predicted octanol–water partition coefficient (Wildman–Crippen LogP) is 3.56. The lowest BCUT2D eigenvalue weighted by Crippen LogP contribution is -2.62. The zero-order valence-electron chi connectivity index (χ0n) is 19.1. The van der Waals surface area contributed by atoms with Gasteiger partial charge in [0.2, 0.25) is 5.91 Å². The number of hydrogen-bond donors (Lipinski definition) is 0. The van der Waals surface area contributed by atoms with Gasteiger partial charge in [0.15, 0.2) is 5.60 Å². The standard InChI is InChI=1S/C26H33N3O3/c1-28(2)25(31)26(18-22-10-6-7-11-23(22)20-12-14-27-15-13-20)19-29(16-17-32-26)24(30)21-8-4-3-5-9-21/h6-7,10-15,21H,3-5,8-9,16-19H2,1-2H3/t26-/m1/s1. The van der Waals surface area contributed by atoms with E-state index in [2.05, 4.69) is 11.1 Å². The first-order valence-electron chi connectivity index (χ1n) is 11.6. The number of benzene rings is 1. The van der Waals surface area contributed by atoms with Gasteiger partial charge in [-0.05, 0) is 41.7 Å². The molecule has 2 aliphatic rings. The Kier molecular flexibility index (Phi) is 6.89. The van der Waals surface area contributed by atoms with Gasteiger partial charge in [-0.15, -0.1) is 0 Å². The highest BCUT2D eigenvalue weighted by atomic mass is 16.5. The Balaban J connectivity index is 1.65. The maximum absolute atomic E-state index is 13.5. The molecule has 4 rings (SSSR count). The van der Waals surface area contributed by atoms with Crippen molar-refractivity contribution in [3.05, 3.63) is 54.4 Å². The van der Waals surface area contributed by atoms with Crippen molar-refractivity contribution in [3.63, 3.8) is 0 Å². The third kappa shape index (κ3) is 4.70. The van der Waals surface area contributed by atoms with Crippen LogP contribution < -0.4 is 0 Å². The normalized spacial score (nSPS) is 21.9. The molecule has 1 aliphatic heterocycles. The van der Waals surface area contributed by atoms with Crippen molar-refractivity contribution in [1.29, 1.82) is 0 Å². The number of amides is 2. The molecule has 2 amide bonds. The minimum absolute atomic E-state index is 0.0816. The van der Waals surface area contributed by atoms with Crippen LogP contribution in [0.4, 0.5) is 0 Å². The van der Waals surface area contributed by atoms with Crippen LogP contribution >= 0.6 is 0 Å². The number of aromatic nitrogens is 1. The molecule has 2 fully saturated rings. The number of likely N-dealkylation sites (N-methyl/N-ethyl adjacent to an activating group) is 1. The fraction of sp³-hybridized carbons (Fsp3) is 0.500. The van der Waals surface area contributed by atoms with Crippen LogP contribution in [0.3, 0.4) is 0 Å². The summed E-state index contributed by atoms with van der Waals surface area (Å²) >= 11 is 0. The van der Waals surface area contributed by atoms with Crippen molar-refractivity contribution in [3.8, 4) is 11.1 Å². The van der Waals surface area contributed by atoms with Gasteiger partial charge in [0, 0.05) is 45.4 Å². The molecule has 1 saturated carbocycles. The molecule has 1 aromatic carbocycles. The molecule has 0 bridgehead atoms. The van der Waals surface area contributed by atoms with Crippen LogP contribution in [0.25, 0.3) is 11.1 Å². The number of pyridine rings is 1. The molecule has 0 unspecified atom stereocenters. The summed E-state index contributed by atoms with van der Waals surface area (Å²) in [6.45, 7) is 1.21. The highest BCUT2D eigenvalue weighted by molar-refractivity contribution is 5.88. The van der Waals surface area contributed by atoms with Crippen LogP contribution in [-0.2, 0) is 20.7 Å². The summed E-state index contributed by atoms with van der Waals surface area (Å²) in [5, 5.41) is 0. The fourth-order valence-electron chi connectivity index (χ4n) is 5.09. The van der Waals surface area contributed by atoms with Gasteiger partial charge in [0.05, 0.1) is 13.2 Å². The molecule has 170 valence electrons. The molecule has 1 aliphatic carbocycles. The molecular formula is C26H33N3O3. The van der Waals surface area contributed by atoms with Gasteiger partial charge in [-0.2, -0.15) is 0 Å². The Morgan fingerprint density at radius 1 is 1.09 bits per heavy atom. The fourth-order valence-corrected chi connectivity index (χ4v) is 5.09. The summed E-state index contributed by atoms with van der Waals surface area (Å²) < 4.78 is 6.25. The van der Waals surface area contributed by atoms with E-state index in [-0.39, 0.29) is 17.7 Å². The molecular weight excluding hydrogens is 402 g/mol. The summed E-state index contributed by atoms with van der Waals surface area (Å²) in [4.78, 5) is 34.4. The lowest BCUT2D eigenvalue weighted by molar-refractivity contribution is -0.174. The summed E-state index contributed by atoms with van der Waals surface area (Å²) in [5.41, 5.74) is 2.05. The van der Waals surface area contributed by atoms with Crippen molar-refractivity contribution in [2.24, 2.45) is 5.92 Å². The number of nitrogens with zero attached hydrogens (tertiary/aromatic N) is 3. The second-order valence-corrected chi connectivity index (χ2v) is 9.21. The molecule has 0 N–H and O–H groups in total. The summed E-state index contributed by atoms with van der Waals surface area (Å²) in [6, 6.07) is 12.0. The summed E-state index contributed by atoms with van der Waals surface area (Å²) in [7, 11) is 3.51. The molecule has 6 heteroatoms. The minimum Gasteiger partial charge on any atom is -0.361 e. The molecule has 2 aromatic rings. The lowest BCUT2D eigenvalue weighted by atomic mass is 9.85. The van der Waals surface area contributed by atoms with Gasteiger partial charge in [0.25, 0.3) is 5.91 Å². The van der Waals surface area contributed by atoms with Crippen molar-refractivity contribution in [1.82, 2.24) is 14.8 Å². The van der Waals surface area contributed by atoms with Crippen LogP contribution in [0.5, 0.6) is 0 Å². The topological polar surface area (TPSA) is 62.7 Å². The molecule has 1 saturated heterocycles. The van der Waals surface area contributed by atoms with E-state index in [9.17, 15) is 9.59 Å². The first-order valence-corrected chi connectivity index (χ1v) is 11.6. The first kappa shape index (κ1) is 22.5. The Morgan fingerprint density at radius 2 is 1.81 bits per heavy atom. The summed E-state index contributed by atoms with van der Waals surface area (Å²) in [6.07, 6.45) is 9.30. The highest BCUT2D eigenvalue weighted by Crippen LogP contribution is 2.33. The number of rotatable bonds is 5. The van der Waals surface area contributed by atoms with E-state index in [1.807, 2.05) is 35.2 Å². The molecule has 0 spiro atoms. The zero-order chi connectivity index (χ0) is 22.6. The minimum atomic E-state index is -1.09. The van der Waals surface area contributed by atoms with E-state index in [0.29, 0.717) is 26.1 Å². The predicted molar refractivity (Wildman–Crippen MR) is 124 cm³/mol. The first-order chi connectivity index (χ1) is 15.5. The molecule has 32 heavy (non-hydrogen) atoms. The van der Waals surface area contributed by atoms with Gasteiger partial charge in [-0.1, -0.05) is 43.5 Å². The third-order valence-electron chi connectivity index (χ3n) is 6.73. The third-order valence-corrected chi connectivity index (χ3v) is 6.73. The SMILES string of the molecule is CN(C)C(=O)[C@@]1(Cc2ccccc2-c2ccncc2)CN(C(=O)C2CCCCC2)CCO1. The van der Waals surface area contributed by atoms with Crippen LogP contribution in [0.2, 0.25) is 0 Å². The van der Waals surface area contributed by atoms with E-state index in [1.165, 1.54) is 6.42 Å². The summed E-state index contributed by atoms with van der Waals surface area (Å²) in [5.74, 6) is 0.174. The molecule has 1 aromatic heterocycles. The molecule has 6 nitrogen and oxygen atoms in total. The Hall–Kier alpha value is -2.73. The average molecular weight is 436 g/mol. The van der Waals surface area contributed by atoms with Crippen molar-refractivity contribution in [2.45, 2.75) is 44.1 Å². The van der Waals surface area contributed by atoms with Crippen molar-refractivity contribution >= 4 is 11.8 Å². The van der Waals surface area contributed by atoms with Crippen molar-refractivity contribution < 1.29 is 14.3 Å². The second-order valence-electron chi connectivity index (χ2n) is 9.21. The number of morpholine rings is 1. The van der Waals surface area contributed by atoms with E-state index in [4.69, 9.17) is 4.74 Å². The van der Waals surface area contributed by atoms with E-state index < -0.39 is 5.60 Å². The molecule has 1 atom stereocenters. The van der Waals surface area contributed by atoms with Gasteiger partial charge in [-0.3, -0.25) is 14.6 Å².